The third-order valence-electron chi connectivity index (χ3n) is 4.52. The molecule has 0 aliphatic rings. The molecule has 0 N–H and O–H groups in total. The van der Waals surface area contributed by atoms with E-state index in [-0.39, 0.29) is 11.4 Å². The number of hydrogen-bond donors (Lipinski definition) is 0. The molecule has 2 nitrogen and oxygen atoms in total. The molecular formula is C22H26BrCl2NO. The number of amides is 1. The maximum atomic E-state index is 13.3. The van der Waals surface area contributed by atoms with Gasteiger partial charge in [0.2, 0.25) is 0 Å². The lowest BCUT2D eigenvalue weighted by Gasteiger charge is -2.36. The summed E-state index contributed by atoms with van der Waals surface area (Å²) in [5.41, 5.74) is 2.52. The minimum absolute atomic E-state index is 0.00442. The van der Waals surface area contributed by atoms with Gasteiger partial charge in [0.05, 0.1) is 10.0 Å². The fourth-order valence-corrected chi connectivity index (χ4v) is 3.84. The maximum Gasteiger partial charge on any atom is 0.254 e. The molecule has 0 spiro atoms. The average Bonchev–Trinajstić information content (AvgIpc) is 2.62. The number of rotatable bonds is 7. The summed E-state index contributed by atoms with van der Waals surface area (Å²) in [6.45, 7) is 6.89. The van der Waals surface area contributed by atoms with Crippen LogP contribution in [0.4, 0.5) is 0 Å². The topological polar surface area (TPSA) is 20.3 Å². The lowest BCUT2D eigenvalue weighted by Crippen LogP contribution is -2.46. The van der Waals surface area contributed by atoms with E-state index in [4.69, 9.17) is 23.2 Å². The Labute approximate surface area is 181 Å². The van der Waals surface area contributed by atoms with Crippen LogP contribution in [0.2, 0.25) is 10.0 Å². The van der Waals surface area contributed by atoms with Gasteiger partial charge in [0.25, 0.3) is 5.91 Å². The minimum Gasteiger partial charge on any atom is -0.334 e. The van der Waals surface area contributed by atoms with Gasteiger partial charge < -0.3 is 4.90 Å². The Hall–Kier alpha value is -1.03. The van der Waals surface area contributed by atoms with Gasteiger partial charge in [-0.1, -0.05) is 69.5 Å². The molecule has 0 atom stereocenters. The standard InChI is InChI=1S/C22H26BrCl2NO/c1-22(2,3)26(12-8-7-11-16-9-5-4-6-10-16)21(27)18-14-20(25)19(24)13-17(18)15-23/h4-6,9-10,13-14H,7-8,11-12,15H2,1-3H3. The first-order chi connectivity index (χ1) is 12.7. The van der Waals surface area contributed by atoms with Gasteiger partial charge in [-0.05, 0) is 63.3 Å². The number of aryl methyl sites for hydroxylation is 1. The summed E-state index contributed by atoms with van der Waals surface area (Å²) >= 11 is 15.8. The van der Waals surface area contributed by atoms with Crippen LogP contribution in [-0.4, -0.2) is 22.9 Å². The van der Waals surface area contributed by atoms with Crippen molar-refractivity contribution in [2.75, 3.05) is 6.54 Å². The Morgan fingerprint density at radius 2 is 1.67 bits per heavy atom. The van der Waals surface area contributed by atoms with Crippen LogP contribution in [0, 0.1) is 0 Å². The van der Waals surface area contributed by atoms with Gasteiger partial charge in [0.1, 0.15) is 0 Å². The molecule has 2 rings (SSSR count). The minimum atomic E-state index is -0.278. The van der Waals surface area contributed by atoms with Gasteiger partial charge in [0, 0.05) is 23.0 Å². The van der Waals surface area contributed by atoms with Crippen LogP contribution in [0.5, 0.6) is 0 Å². The van der Waals surface area contributed by atoms with Crippen molar-refractivity contribution < 1.29 is 4.79 Å². The Morgan fingerprint density at radius 1 is 1.04 bits per heavy atom. The molecule has 0 saturated carbocycles. The zero-order valence-electron chi connectivity index (χ0n) is 16.1. The molecule has 5 heteroatoms. The first-order valence-electron chi connectivity index (χ1n) is 9.14. The Morgan fingerprint density at radius 3 is 2.26 bits per heavy atom. The van der Waals surface area contributed by atoms with Gasteiger partial charge in [-0.15, -0.1) is 0 Å². The predicted molar refractivity (Wildman–Crippen MR) is 119 cm³/mol. The van der Waals surface area contributed by atoms with E-state index in [1.165, 1.54) is 5.56 Å². The van der Waals surface area contributed by atoms with Crippen LogP contribution in [0.1, 0.15) is 55.1 Å². The first-order valence-corrected chi connectivity index (χ1v) is 11.0. The number of benzene rings is 2. The van der Waals surface area contributed by atoms with Crippen LogP contribution in [0.15, 0.2) is 42.5 Å². The molecular weight excluding hydrogens is 445 g/mol. The fourth-order valence-electron chi connectivity index (χ4n) is 3.03. The Bertz CT molecular complexity index is 772. The summed E-state index contributed by atoms with van der Waals surface area (Å²) in [5.74, 6) is -0.00442. The number of unbranched alkanes of at least 4 members (excludes halogenated alkanes) is 1. The summed E-state index contributed by atoms with van der Waals surface area (Å²) in [7, 11) is 0. The second-order valence-corrected chi connectivity index (χ2v) is 9.00. The second-order valence-electron chi connectivity index (χ2n) is 7.63. The second kappa shape index (κ2) is 9.95. The van der Waals surface area contributed by atoms with Gasteiger partial charge in [-0.3, -0.25) is 4.79 Å². The monoisotopic (exact) mass is 469 g/mol. The molecule has 0 unspecified atom stereocenters. The van der Waals surface area contributed by atoms with E-state index in [0.29, 0.717) is 27.5 Å². The molecule has 146 valence electrons. The van der Waals surface area contributed by atoms with Crippen LogP contribution in [-0.2, 0) is 11.8 Å². The highest BCUT2D eigenvalue weighted by atomic mass is 79.9. The summed E-state index contributed by atoms with van der Waals surface area (Å²) in [5, 5.41) is 1.42. The highest BCUT2D eigenvalue weighted by Gasteiger charge is 2.28. The number of hydrogen-bond acceptors (Lipinski definition) is 1. The molecule has 0 radical (unpaired) electrons. The molecule has 0 fully saturated rings. The molecule has 0 aliphatic heterocycles. The van der Waals surface area contributed by atoms with Crippen molar-refractivity contribution in [3.8, 4) is 0 Å². The third-order valence-corrected chi connectivity index (χ3v) is 5.84. The quantitative estimate of drug-likeness (QED) is 0.310. The Kier molecular flexibility index (Phi) is 8.20. The summed E-state index contributed by atoms with van der Waals surface area (Å²) in [6.07, 6.45) is 3.01. The van der Waals surface area contributed by atoms with Gasteiger partial charge in [-0.25, -0.2) is 0 Å². The van der Waals surface area contributed by atoms with Crippen LogP contribution >= 0.6 is 39.1 Å². The van der Waals surface area contributed by atoms with Crippen LogP contribution in [0.3, 0.4) is 0 Å². The summed E-state index contributed by atoms with van der Waals surface area (Å²) < 4.78 is 0. The van der Waals surface area contributed by atoms with Crippen molar-refractivity contribution >= 4 is 45.0 Å². The van der Waals surface area contributed by atoms with Gasteiger partial charge in [-0.2, -0.15) is 0 Å². The molecule has 0 aliphatic carbocycles. The highest BCUT2D eigenvalue weighted by Crippen LogP contribution is 2.29. The number of carbonyl (C=O) groups is 1. The molecule has 1 amide bonds. The van der Waals surface area contributed by atoms with Gasteiger partial charge in [0.15, 0.2) is 0 Å². The van der Waals surface area contributed by atoms with Crippen molar-refractivity contribution in [3.63, 3.8) is 0 Å². The summed E-state index contributed by atoms with van der Waals surface area (Å²) in [4.78, 5) is 15.2. The molecule has 0 heterocycles. The Balaban J connectivity index is 2.12. The largest absolute Gasteiger partial charge is 0.334 e. The average molecular weight is 471 g/mol. The summed E-state index contributed by atoms with van der Waals surface area (Å²) in [6, 6.07) is 13.9. The van der Waals surface area contributed by atoms with Crippen molar-refractivity contribution in [1.82, 2.24) is 4.90 Å². The predicted octanol–water partition coefficient (Wildman–Crippen LogP) is 7.15. The van der Waals surface area contributed by atoms with Crippen molar-refractivity contribution in [3.05, 3.63) is 69.2 Å². The molecule has 2 aromatic carbocycles. The van der Waals surface area contributed by atoms with Crippen molar-refractivity contribution in [2.24, 2.45) is 0 Å². The lowest BCUT2D eigenvalue weighted by molar-refractivity contribution is 0.0577. The van der Waals surface area contributed by atoms with E-state index in [1.54, 1.807) is 12.1 Å². The normalized spacial score (nSPS) is 11.5. The zero-order valence-corrected chi connectivity index (χ0v) is 19.2. The SMILES string of the molecule is CC(C)(C)N(CCCCc1ccccc1)C(=O)c1cc(Cl)c(Cl)cc1CBr. The van der Waals surface area contributed by atoms with Crippen molar-refractivity contribution in [2.45, 2.75) is 50.9 Å². The maximum absolute atomic E-state index is 13.3. The molecule has 0 aromatic heterocycles. The van der Waals surface area contributed by atoms with E-state index < -0.39 is 0 Å². The van der Waals surface area contributed by atoms with E-state index in [0.717, 1.165) is 24.8 Å². The molecule has 0 saturated heterocycles. The van der Waals surface area contributed by atoms with Crippen LogP contribution in [0.25, 0.3) is 0 Å². The number of halogens is 3. The van der Waals surface area contributed by atoms with E-state index in [2.05, 4.69) is 61.0 Å². The number of nitrogens with zero attached hydrogens (tertiary/aromatic N) is 1. The highest BCUT2D eigenvalue weighted by molar-refractivity contribution is 9.08. The smallest absolute Gasteiger partial charge is 0.254 e. The first kappa shape index (κ1) is 22.3. The van der Waals surface area contributed by atoms with Crippen molar-refractivity contribution in [1.29, 1.82) is 0 Å². The number of alkyl halides is 1. The lowest BCUT2D eigenvalue weighted by atomic mass is 10.0. The van der Waals surface area contributed by atoms with E-state index >= 15 is 0 Å². The van der Waals surface area contributed by atoms with Gasteiger partial charge >= 0.3 is 0 Å². The fraction of sp³-hybridized carbons (Fsp3) is 0.409. The molecule has 27 heavy (non-hydrogen) atoms. The zero-order chi connectivity index (χ0) is 20.0. The van der Waals surface area contributed by atoms with Crippen LogP contribution < -0.4 is 0 Å². The number of carbonyl (C=O) groups excluding carboxylic acids is 1. The van der Waals surface area contributed by atoms with E-state index in [9.17, 15) is 4.79 Å². The molecule has 0 bridgehead atoms. The van der Waals surface area contributed by atoms with E-state index in [1.807, 2.05) is 11.0 Å². The molecule has 2 aromatic rings. The third kappa shape index (κ3) is 6.23.